The first-order valence-corrected chi connectivity index (χ1v) is 6.31. The molecule has 7 heteroatoms. The van der Waals surface area contributed by atoms with Gasteiger partial charge in [0.15, 0.2) is 6.17 Å². The Labute approximate surface area is 88.9 Å². The van der Waals surface area contributed by atoms with E-state index in [0.717, 1.165) is 21.3 Å². The number of hydrogen-bond donors (Lipinski definition) is 0. The Kier molecular flexibility index (Phi) is 5.79. The predicted molar refractivity (Wildman–Crippen MR) is 51.5 cm³/mol. The van der Waals surface area contributed by atoms with Gasteiger partial charge in [-0.15, -0.1) is 0 Å². The highest BCUT2D eigenvalue weighted by atomic mass is 28.4. The first-order chi connectivity index (χ1) is 6.91. The molecule has 0 aliphatic heterocycles. The minimum Gasteiger partial charge on any atom is -0.373 e. The summed E-state index contributed by atoms with van der Waals surface area (Å²) >= 11 is 0. The highest BCUT2D eigenvalue weighted by Crippen LogP contribution is 2.35. The molecule has 0 aliphatic rings. The summed E-state index contributed by atoms with van der Waals surface area (Å²) in [6.45, 7) is 1.62. The van der Waals surface area contributed by atoms with E-state index >= 15 is 0 Å². The number of halogens is 3. The van der Waals surface area contributed by atoms with Crippen LogP contribution in [-0.4, -0.2) is 41.9 Å². The van der Waals surface area contributed by atoms with Crippen LogP contribution in [0.4, 0.5) is 13.2 Å². The summed E-state index contributed by atoms with van der Waals surface area (Å²) in [5, 5.41) is 0. The minimum absolute atomic E-state index is 0.252. The van der Waals surface area contributed by atoms with Crippen molar-refractivity contribution in [3.63, 3.8) is 0 Å². The third kappa shape index (κ3) is 2.71. The molecule has 3 nitrogen and oxygen atoms in total. The van der Waals surface area contributed by atoms with Crippen molar-refractivity contribution in [2.45, 2.75) is 31.5 Å². The van der Waals surface area contributed by atoms with Gasteiger partial charge in [-0.1, -0.05) is 13.3 Å². The van der Waals surface area contributed by atoms with E-state index in [1.807, 2.05) is 0 Å². The monoisotopic (exact) mass is 246 g/mol. The molecule has 0 radical (unpaired) electrons. The molecule has 92 valence electrons. The molecule has 1 unspecified atom stereocenters. The quantitative estimate of drug-likeness (QED) is 0.644. The fourth-order valence-corrected chi connectivity index (χ4v) is 3.13. The molecule has 0 spiro atoms. The SMILES string of the molecule is CCCC(F)C(F)(F)[Si](OC)(OC)OC. The molecule has 0 aromatic rings. The molecule has 0 aromatic heterocycles. The highest BCUT2D eigenvalue weighted by molar-refractivity contribution is 6.63. The van der Waals surface area contributed by atoms with Crippen LogP contribution in [0.5, 0.6) is 0 Å². The third-order valence-corrected chi connectivity index (χ3v) is 4.89. The summed E-state index contributed by atoms with van der Waals surface area (Å²) in [5.41, 5.74) is -3.72. The summed E-state index contributed by atoms with van der Waals surface area (Å²) in [6.07, 6.45) is -2.25. The maximum Gasteiger partial charge on any atom is 0.577 e. The number of rotatable bonds is 7. The lowest BCUT2D eigenvalue weighted by Crippen LogP contribution is -2.63. The lowest BCUT2D eigenvalue weighted by atomic mass is 10.2. The zero-order chi connectivity index (χ0) is 12.1. The van der Waals surface area contributed by atoms with Gasteiger partial charge in [0.1, 0.15) is 0 Å². The third-order valence-electron chi connectivity index (χ3n) is 2.15. The van der Waals surface area contributed by atoms with Gasteiger partial charge >= 0.3 is 14.4 Å². The Morgan fingerprint density at radius 3 is 1.80 bits per heavy atom. The summed E-state index contributed by atoms with van der Waals surface area (Å²) in [7, 11) is -1.15. The van der Waals surface area contributed by atoms with Crippen molar-refractivity contribution in [2.75, 3.05) is 21.3 Å². The van der Waals surface area contributed by atoms with Crippen LogP contribution in [0.1, 0.15) is 19.8 Å². The lowest BCUT2D eigenvalue weighted by molar-refractivity contribution is -0.0805. The van der Waals surface area contributed by atoms with Gasteiger partial charge in [-0.3, -0.25) is 0 Å². The predicted octanol–water partition coefficient (Wildman–Crippen LogP) is 2.18. The van der Waals surface area contributed by atoms with E-state index in [4.69, 9.17) is 0 Å². The highest BCUT2D eigenvalue weighted by Gasteiger charge is 2.67. The van der Waals surface area contributed by atoms with Crippen molar-refractivity contribution in [3.8, 4) is 0 Å². The maximum absolute atomic E-state index is 13.6. The average Bonchev–Trinajstić information content (AvgIpc) is 2.21. The van der Waals surface area contributed by atoms with Crippen molar-refractivity contribution < 1.29 is 26.4 Å². The second kappa shape index (κ2) is 5.83. The molecule has 0 bridgehead atoms. The van der Waals surface area contributed by atoms with Crippen LogP contribution >= 0.6 is 0 Å². The molecule has 1 atom stereocenters. The van der Waals surface area contributed by atoms with Crippen molar-refractivity contribution in [3.05, 3.63) is 0 Å². The largest absolute Gasteiger partial charge is 0.577 e. The first-order valence-electron chi connectivity index (χ1n) is 4.59. The van der Waals surface area contributed by atoms with Gasteiger partial charge in [0, 0.05) is 21.3 Å². The van der Waals surface area contributed by atoms with Gasteiger partial charge in [-0.2, -0.15) is 8.78 Å². The average molecular weight is 246 g/mol. The van der Waals surface area contributed by atoms with E-state index in [1.165, 1.54) is 0 Å². The van der Waals surface area contributed by atoms with Crippen molar-refractivity contribution >= 4 is 8.80 Å². The second-order valence-electron chi connectivity index (χ2n) is 3.05. The van der Waals surface area contributed by atoms with Crippen molar-refractivity contribution in [1.82, 2.24) is 0 Å². The van der Waals surface area contributed by atoms with E-state index < -0.39 is 20.5 Å². The molecular formula is C8H17F3O3Si. The molecule has 0 N–H and O–H groups in total. The first kappa shape index (κ1) is 14.9. The summed E-state index contributed by atoms with van der Waals surface area (Å²) in [5.74, 6) is 0. The zero-order valence-electron chi connectivity index (χ0n) is 9.35. The molecule has 0 aromatic carbocycles. The van der Waals surface area contributed by atoms with E-state index in [9.17, 15) is 13.2 Å². The fraction of sp³-hybridized carbons (Fsp3) is 1.00. The van der Waals surface area contributed by atoms with Gasteiger partial charge in [-0.25, -0.2) is 4.39 Å². The van der Waals surface area contributed by atoms with E-state index in [2.05, 4.69) is 13.3 Å². The smallest absolute Gasteiger partial charge is 0.373 e. The molecule has 0 fully saturated rings. The summed E-state index contributed by atoms with van der Waals surface area (Å²) in [4.78, 5) is 0. The van der Waals surface area contributed by atoms with E-state index in [0.29, 0.717) is 6.42 Å². The standard InChI is InChI=1S/C8H17F3O3Si/c1-5-6-7(9)8(10,11)15(12-2,13-3)14-4/h7H,5-6H2,1-4H3. The van der Waals surface area contributed by atoms with Gasteiger partial charge in [0.2, 0.25) is 0 Å². The van der Waals surface area contributed by atoms with Gasteiger partial charge in [-0.05, 0) is 6.42 Å². The molecule has 0 aliphatic carbocycles. The Morgan fingerprint density at radius 2 is 1.53 bits per heavy atom. The van der Waals surface area contributed by atoms with Crippen molar-refractivity contribution in [2.24, 2.45) is 0 Å². The van der Waals surface area contributed by atoms with Gasteiger partial charge in [0.25, 0.3) is 0 Å². The van der Waals surface area contributed by atoms with Crippen LogP contribution in [0, 0.1) is 0 Å². The Balaban J connectivity index is 4.92. The van der Waals surface area contributed by atoms with Crippen LogP contribution in [0.3, 0.4) is 0 Å². The van der Waals surface area contributed by atoms with Crippen LogP contribution in [-0.2, 0) is 13.3 Å². The number of alkyl halides is 3. The van der Waals surface area contributed by atoms with Crippen LogP contribution < -0.4 is 0 Å². The van der Waals surface area contributed by atoms with Crippen LogP contribution in [0.15, 0.2) is 0 Å². The molecule has 0 amide bonds. The molecule has 0 rings (SSSR count). The topological polar surface area (TPSA) is 27.7 Å². The second-order valence-corrected chi connectivity index (χ2v) is 6.05. The fourth-order valence-electron chi connectivity index (χ4n) is 1.28. The molecule has 0 saturated heterocycles. The van der Waals surface area contributed by atoms with Crippen LogP contribution in [0.2, 0.25) is 0 Å². The lowest BCUT2D eigenvalue weighted by Gasteiger charge is -2.33. The number of hydrogen-bond acceptors (Lipinski definition) is 3. The summed E-state index contributed by atoms with van der Waals surface area (Å²) in [6, 6.07) is 0. The minimum atomic E-state index is -4.25. The molecular weight excluding hydrogens is 229 g/mol. The Morgan fingerprint density at radius 1 is 1.13 bits per heavy atom. The van der Waals surface area contributed by atoms with E-state index in [-0.39, 0.29) is 6.42 Å². The normalized spacial score (nSPS) is 15.4. The summed E-state index contributed by atoms with van der Waals surface area (Å²) < 4.78 is 54.3. The Bertz CT molecular complexity index is 180. The van der Waals surface area contributed by atoms with Crippen LogP contribution in [0.25, 0.3) is 0 Å². The van der Waals surface area contributed by atoms with Gasteiger partial charge < -0.3 is 13.3 Å². The van der Waals surface area contributed by atoms with E-state index in [1.54, 1.807) is 6.92 Å². The maximum atomic E-state index is 13.6. The molecule has 15 heavy (non-hydrogen) atoms. The Hall–Kier alpha value is -0.113. The zero-order valence-corrected chi connectivity index (χ0v) is 10.4. The van der Waals surface area contributed by atoms with Crippen molar-refractivity contribution in [1.29, 1.82) is 0 Å². The molecule has 0 heterocycles. The molecule has 0 saturated carbocycles. The van der Waals surface area contributed by atoms with Gasteiger partial charge in [0.05, 0.1) is 0 Å².